The number of benzene rings is 1. The third-order valence-corrected chi connectivity index (χ3v) is 3.08. The molecule has 0 radical (unpaired) electrons. The van der Waals surface area contributed by atoms with Crippen molar-refractivity contribution in [1.82, 2.24) is 9.55 Å². The first-order valence-electron chi connectivity index (χ1n) is 5.59. The molecule has 0 aliphatic rings. The van der Waals surface area contributed by atoms with Gasteiger partial charge < -0.3 is 9.67 Å². The van der Waals surface area contributed by atoms with Crippen LogP contribution in [-0.4, -0.2) is 20.6 Å². The standard InChI is InChI=1S/C13H14N2O3/c1-7-4-9-11(5-8(7)2)15(3)13(18)10(14-9)6-12(16)17/h4-5H,6H2,1-3H3,(H,16,17). The number of aromatic nitrogens is 2. The van der Waals surface area contributed by atoms with E-state index >= 15 is 0 Å². The number of fused-ring (bicyclic) bond motifs is 1. The second-order valence-electron chi connectivity index (χ2n) is 4.42. The fourth-order valence-electron chi connectivity index (χ4n) is 1.90. The zero-order valence-electron chi connectivity index (χ0n) is 10.5. The minimum Gasteiger partial charge on any atom is -0.481 e. The summed E-state index contributed by atoms with van der Waals surface area (Å²) in [6.07, 6.45) is -0.352. The van der Waals surface area contributed by atoms with Crippen LogP contribution in [0.25, 0.3) is 11.0 Å². The summed E-state index contributed by atoms with van der Waals surface area (Å²) in [5.41, 5.74) is 3.22. The molecule has 0 fully saturated rings. The van der Waals surface area contributed by atoms with Gasteiger partial charge in [-0.25, -0.2) is 4.98 Å². The molecule has 18 heavy (non-hydrogen) atoms. The Morgan fingerprint density at radius 1 is 1.33 bits per heavy atom. The van der Waals surface area contributed by atoms with Gasteiger partial charge in [-0.3, -0.25) is 9.59 Å². The summed E-state index contributed by atoms with van der Waals surface area (Å²) in [6.45, 7) is 3.92. The zero-order chi connectivity index (χ0) is 13.4. The second kappa shape index (κ2) is 4.25. The van der Waals surface area contributed by atoms with Gasteiger partial charge in [0.1, 0.15) is 5.69 Å². The first-order valence-corrected chi connectivity index (χ1v) is 5.59. The van der Waals surface area contributed by atoms with Crippen LogP contribution in [0, 0.1) is 13.8 Å². The van der Waals surface area contributed by atoms with E-state index in [4.69, 9.17) is 5.11 Å². The minimum absolute atomic E-state index is 0.0701. The molecule has 0 aliphatic heterocycles. The van der Waals surface area contributed by atoms with Gasteiger partial charge in [-0.15, -0.1) is 0 Å². The maximum absolute atomic E-state index is 12.0. The molecule has 94 valence electrons. The third-order valence-electron chi connectivity index (χ3n) is 3.08. The van der Waals surface area contributed by atoms with E-state index in [1.807, 2.05) is 26.0 Å². The molecule has 0 saturated carbocycles. The van der Waals surface area contributed by atoms with E-state index in [0.29, 0.717) is 5.52 Å². The van der Waals surface area contributed by atoms with E-state index in [9.17, 15) is 9.59 Å². The van der Waals surface area contributed by atoms with Crippen LogP contribution in [0.15, 0.2) is 16.9 Å². The lowest BCUT2D eigenvalue weighted by atomic mass is 10.1. The first kappa shape index (κ1) is 12.3. The molecular weight excluding hydrogens is 232 g/mol. The number of hydrogen-bond acceptors (Lipinski definition) is 3. The molecule has 5 heteroatoms. The quantitative estimate of drug-likeness (QED) is 0.863. The lowest BCUT2D eigenvalue weighted by Gasteiger charge is -2.09. The summed E-state index contributed by atoms with van der Waals surface area (Å²) in [5.74, 6) is -1.05. The minimum atomic E-state index is -1.05. The molecule has 0 amide bonds. The van der Waals surface area contributed by atoms with E-state index in [-0.39, 0.29) is 17.7 Å². The van der Waals surface area contributed by atoms with E-state index in [0.717, 1.165) is 16.6 Å². The van der Waals surface area contributed by atoms with Crippen LogP contribution in [0.3, 0.4) is 0 Å². The maximum atomic E-state index is 12.0. The Hall–Kier alpha value is -2.17. The molecule has 2 rings (SSSR count). The van der Waals surface area contributed by atoms with Gasteiger partial charge in [0.25, 0.3) is 5.56 Å². The number of carbonyl (C=O) groups is 1. The monoisotopic (exact) mass is 246 g/mol. The Morgan fingerprint density at radius 2 is 1.94 bits per heavy atom. The average molecular weight is 246 g/mol. The Kier molecular flexibility index (Phi) is 2.90. The van der Waals surface area contributed by atoms with Crippen LogP contribution in [0.5, 0.6) is 0 Å². The summed E-state index contributed by atoms with van der Waals surface area (Å²) in [5, 5.41) is 8.76. The fraction of sp³-hybridized carbons (Fsp3) is 0.308. The number of carboxylic acid groups (broad SMARTS) is 1. The zero-order valence-corrected chi connectivity index (χ0v) is 10.5. The number of hydrogen-bond donors (Lipinski definition) is 1. The van der Waals surface area contributed by atoms with Gasteiger partial charge in [0.05, 0.1) is 17.5 Å². The Morgan fingerprint density at radius 3 is 2.56 bits per heavy atom. The van der Waals surface area contributed by atoms with Gasteiger partial charge in [0, 0.05) is 7.05 Å². The molecule has 5 nitrogen and oxygen atoms in total. The van der Waals surface area contributed by atoms with Gasteiger partial charge in [-0.2, -0.15) is 0 Å². The van der Waals surface area contributed by atoms with Crippen molar-refractivity contribution in [1.29, 1.82) is 0 Å². The molecule has 0 atom stereocenters. The van der Waals surface area contributed by atoms with Crippen molar-refractivity contribution in [3.05, 3.63) is 39.3 Å². The highest BCUT2D eigenvalue weighted by molar-refractivity contribution is 5.78. The van der Waals surface area contributed by atoms with E-state index < -0.39 is 5.97 Å². The molecule has 0 spiro atoms. The third kappa shape index (κ3) is 1.99. The molecular formula is C13H14N2O3. The topological polar surface area (TPSA) is 72.2 Å². The van der Waals surface area contributed by atoms with Gasteiger partial charge in [-0.05, 0) is 37.1 Å². The highest BCUT2D eigenvalue weighted by Gasteiger charge is 2.12. The van der Waals surface area contributed by atoms with Crippen LogP contribution in [0.2, 0.25) is 0 Å². The normalized spacial score (nSPS) is 10.8. The van der Waals surface area contributed by atoms with Crippen LogP contribution in [0.1, 0.15) is 16.8 Å². The molecule has 0 aliphatic carbocycles. The Balaban J connectivity index is 2.79. The molecule has 1 N–H and O–H groups in total. The number of aliphatic carboxylic acids is 1. The first-order chi connectivity index (χ1) is 8.40. The SMILES string of the molecule is Cc1cc2nc(CC(=O)O)c(=O)n(C)c2cc1C. The predicted molar refractivity (Wildman–Crippen MR) is 67.8 cm³/mol. The van der Waals surface area contributed by atoms with Crippen molar-refractivity contribution in [2.75, 3.05) is 0 Å². The van der Waals surface area contributed by atoms with Crippen LogP contribution in [0.4, 0.5) is 0 Å². The van der Waals surface area contributed by atoms with Gasteiger partial charge in [0.2, 0.25) is 0 Å². The van der Waals surface area contributed by atoms with Crippen LogP contribution < -0.4 is 5.56 Å². The average Bonchev–Trinajstić information content (AvgIpc) is 2.28. The number of nitrogens with zero attached hydrogens (tertiary/aromatic N) is 2. The molecule has 0 unspecified atom stereocenters. The molecule has 0 bridgehead atoms. The highest BCUT2D eigenvalue weighted by atomic mass is 16.4. The molecule has 1 aromatic carbocycles. The van der Waals surface area contributed by atoms with Crippen LogP contribution >= 0.6 is 0 Å². The lowest BCUT2D eigenvalue weighted by molar-refractivity contribution is -0.136. The number of aryl methyl sites for hydroxylation is 3. The van der Waals surface area contributed by atoms with Gasteiger partial charge in [-0.1, -0.05) is 0 Å². The Bertz CT molecular complexity index is 701. The summed E-state index contributed by atoms with van der Waals surface area (Å²) in [4.78, 5) is 26.8. The van der Waals surface area contributed by atoms with Crippen molar-refractivity contribution in [3.63, 3.8) is 0 Å². The van der Waals surface area contributed by atoms with Crippen molar-refractivity contribution in [2.24, 2.45) is 7.05 Å². The summed E-state index contributed by atoms with van der Waals surface area (Å²) in [7, 11) is 1.63. The lowest BCUT2D eigenvalue weighted by Crippen LogP contribution is -2.25. The molecule has 0 saturated heterocycles. The van der Waals surface area contributed by atoms with Crippen molar-refractivity contribution in [2.45, 2.75) is 20.3 Å². The molecule has 2 aromatic rings. The molecule has 1 aromatic heterocycles. The largest absolute Gasteiger partial charge is 0.481 e. The summed E-state index contributed by atoms with van der Waals surface area (Å²) in [6, 6.07) is 3.76. The van der Waals surface area contributed by atoms with E-state index in [1.54, 1.807) is 7.05 Å². The molecule has 1 heterocycles. The Labute approximate surface area is 104 Å². The summed E-state index contributed by atoms with van der Waals surface area (Å²) < 4.78 is 1.45. The second-order valence-corrected chi connectivity index (χ2v) is 4.42. The fourth-order valence-corrected chi connectivity index (χ4v) is 1.90. The van der Waals surface area contributed by atoms with Crippen LogP contribution in [-0.2, 0) is 18.3 Å². The van der Waals surface area contributed by atoms with E-state index in [1.165, 1.54) is 4.57 Å². The predicted octanol–water partition coefficient (Wildman–Crippen LogP) is 1.18. The van der Waals surface area contributed by atoms with Gasteiger partial charge in [0.15, 0.2) is 0 Å². The van der Waals surface area contributed by atoms with Gasteiger partial charge >= 0.3 is 5.97 Å². The summed E-state index contributed by atoms with van der Waals surface area (Å²) >= 11 is 0. The van der Waals surface area contributed by atoms with E-state index in [2.05, 4.69) is 4.98 Å². The smallest absolute Gasteiger partial charge is 0.309 e. The number of carboxylic acids is 1. The highest BCUT2D eigenvalue weighted by Crippen LogP contribution is 2.16. The maximum Gasteiger partial charge on any atom is 0.309 e. The van der Waals surface area contributed by atoms with Crippen molar-refractivity contribution in [3.8, 4) is 0 Å². The van der Waals surface area contributed by atoms with Crippen molar-refractivity contribution < 1.29 is 9.90 Å². The number of rotatable bonds is 2. The van der Waals surface area contributed by atoms with Crippen molar-refractivity contribution >= 4 is 17.0 Å².